The van der Waals surface area contributed by atoms with E-state index in [4.69, 9.17) is 0 Å². The number of aromatic nitrogens is 1. The molecule has 98 valence electrons. The summed E-state index contributed by atoms with van der Waals surface area (Å²) >= 11 is 3.56. The molecular formula is C15H15BrN2O. The standard InChI is InChI=1S/C15H15BrN2O/c1-10(19)18-6-3-11(4-7-18)14-8-12(16)9-15-13(14)2-5-17-15/h2-3,5,8-9,17H,4,6-7H2,1H3. The SMILES string of the molecule is CC(=O)N1CC=C(c2cc(Br)cc3[nH]ccc23)CC1. The van der Waals surface area contributed by atoms with E-state index in [1.54, 1.807) is 6.92 Å². The van der Waals surface area contributed by atoms with Crippen LogP contribution in [0.2, 0.25) is 0 Å². The lowest BCUT2D eigenvalue weighted by Crippen LogP contribution is -2.32. The highest BCUT2D eigenvalue weighted by atomic mass is 79.9. The summed E-state index contributed by atoms with van der Waals surface area (Å²) in [5.41, 5.74) is 3.72. The Morgan fingerprint density at radius 3 is 2.95 bits per heavy atom. The molecule has 1 aliphatic rings. The molecule has 0 saturated carbocycles. The third kappa shape index (κ3) is 2.32. The van der Waals surface area contributed by atoms with Crippen molar-refractivity contribution in [3.63, 3.8) is 0 Å². The second kappa shape index (κ2) is 4.85. The molecule has 0 unspecified atom stereocenters. The topological polar surface area (TPSA) is 36.1 Å². The Bertz CT molecular complexity index is 672. The molecule has 1 aromatic heterocycles. The zero-order chi connectivity index (χ0) is 13.4. The van der Waals surface area contributed by atoms with Gasteiger partial charge in [-0.05, 0) is 35.8 Å². The van der Waals surface area contributed by atoms with Crippen LogP contribution in [0.3, 0.4) is 0 Å². The van der Waals surface area contributed by atoms with Crippen LogP contribution in [-0.4, -0.2) is 28.9 Å². The van der Waals surface area contributed by atoms with E-state index in [2.05, 4.69) is 45.2 Å². The van der Waals surface area contributed by atoms with Gasteiger partial charge in [-0.2, -0.15) is 0 Å². The van der Waals surface area contributed by atoms with Gasteiger partial charge in [0, 0.05) is 41.6 Å². The molecule has 4 heteroatoms. The van der Waals surface area contributed by atoms with E-state index in [9.17, 15) is 4.79 Å². The summed E-state index contributed by atoms with van der Waals surface area (Å²) in [5.74, 6) is 0.149. The number of nitrogens with zero attached hydrogens (tertiary/aromatic N) is 1. The lowest BCUT2D eigenvalue weighted by atomic mass is 9.96. The van der Waals surface area contributed by atoms with E-state index < -0.39 is 0 Å². The largest absolute Gasteiger partial charge is 0.361 e. The zero-order valence-electron chi connectivity index (χ0n) is 10.7. The third-order valence-corrected chi connectivity index (χ3v) is 4.09. The van der Waals surface area contributed by atoms with Gasteiger partial charge in [-0.15, -0.1) is 0 Å². The summed E-state index contributed by atoms with van der Waals surface area (Å²) in [7, 11) is 0. The number of benzene rings is 1. The van der Waals surface area contributed by atoms with Gasteiger partial charge in [0.05, 0.1) is 0 Å². The van der Waals surface area contributed by atoms with Gasteiger partial charge in [0.15, 0.2) is 0 Å². The van der Waals surface area contributed by atoms with Gasteiger partial charge in [-0.3, -0.25) is 4.79 Å². The van der Waals surface area contributed by atoms with Crippen molar-refractivity contribution in [3.05, 3.63) is 40.5 Å². The van der Waals surface area contributed by atoms with Crippen LogP contribution in [0.4, 0.5) is 0 Å². The summed E-state index contributed by atoms with van der Waals surface area (Å²) in [5, 5.41) is 1.24. The first kappa shape index (κ1) is 12.5. The van der Waals surface area contributed by atoms with E-state index in [1.807, 2.05) is 11.1 Å². The first-order chi connectivity index (χ1) is 9.15. The number of H-pyrrole nitrogens is 1. The predicted octanol–water partition coefficient (Wildman–Crippen LogP) is 3.57. The highest BCUT2D eigenvalue weighted by Crippen LogP contribution is 2.31. The van der Waals surface area contributed by atoms with Crippen LogP contribution in [0, 0.1) is 0 Å². The number of carbonyl (C=O) groups is 1. The molecule has 1 aliphatic heterocycles. The molecule has 1 aromatic carbocycles. The van der Waals surface area contributed by atoms with Crippen molar-refractivity contribution in [2.45, 2.75) is 13.3 Å². The number of aromatic amines is 1. The summed E-state index contributed by atoms with van der Waals surface area (Å²) in [6.45, 7) is 3.14. The van der Waals surface area contributed by atoms with Gasteiger partial charge < -0.3 is 9.88 Å². The number of carbonyl (C=O) groups excluding carboxylic acids is 1. The lowest BCUT2D eigenvalue weighted by Gasteiger charge is -2.25. The fraction of sp³-hybridized carbons (Fsp3) is 0.267. The molecule has 19 heavy (non-hydrogen) atoms. The molecule has 0 atom stereocenters. The molecule has 0 spiro atoms. The number of hydrogen-bond donors (Lipinski definition) is 1. The van der Waals surface area contributed by atoms with E-state index in [0.29, 0.717) is 6.54 Å². The van der Waals surface area contributed by atoms with Crippen molar-refractivity contribution < 1.29 is 4.79 Å². The molecule has 0 aliphatic carbocycles. The molecule has 1 amide bonds. The fourth-order valence-electron chi connectivity index (χ4n) is 2.60. The number of amides is 1. The Morgan fingerprint density at radius 1 is 1.42 bits per heavy atom. The van der Waals surface area contributed by atoms with Gasteiger partial charge in [0.1, 0.15) is 0 Å². The molecule has 2 aromatic rings. The van der Waals surface area contributed by atoms with Crippen LogP contribution >= 0.6 is 15.9 Å². The summed E-state index contributed by atoms with van der Waals surface area (Å²) in [6.07, 6.45) is 5.04. The zero-order valence-corrected chi connectivity index (χ0v) is 12.3. The van der Waals surface area contributed by atoms with E-state index in [-0.39, 0.29) is 5.91 Å². The Balaban J connectivity index is 2.01. The van der Waals surface area contributed by atoms with Gasteiger partial charge in [-0.1, -0.05) is 22.0 Å². The van der Waals surface area contributed by atoms with E-state index >= 15 is 0 Å². The highest BCUT2D eigenvalue weighted by Gasteiger charge is 2.16. The van der Waals surface area contributed by atoms with Crippen molar-refractivity contribution >= 4 is 38.3 Å². The van der Waals surface area contributed by atoms with Crippen molar-refractivity contribution in [1.29, 1.82) is 0 Å². The molecule has 0 fully saturated rings. The van der Waals surface area contributed by atoms with Crippen LogP contribution in [0.1, 0.15) is 18.9 Å². The number of halogens is 1. The highest BCUT2D eigenvalue weighted by molar-refractivity contribution is 9.10. The van der Waals surface area contributed by atoms with Crippen molar-refractivity contribution in [1.82, 2.24) is 9.88 Å². The molecule has 2 heterocycles. The van der Waals surface area contributed by atoms with Crippen LogP contribution in [0.25, 0.3) is 16.5 Å². The maximum Gasteiger partial charge on any atom is 0.219 e. The average Bonchev–Trinajstić information content (AvgIpc) is 2.85. The molecule has 0 saturated heterocycles. The van der Waals surface area contributed by atoms with E-state index in [0.717, 1.165) is 23.0 Å². The van der Waals surface area contributed by atoms with Crippen LogP contribution in [0.15, 0.2) is 34.9 Å². The van der Waals surface area contributed by atoms with Gasteiger partial charge in [0.25, 0.3) is 0 Å². The Morgan fingerprint density at radius 2 is 2.26 bits per heavy atom. The maximum absolute atomic E-state index is 11.4. The van der Waals surface area contributed by atoms with Crippen LogP contribution < -0.4 is 0 Å². The maximum atomic E-state index is 11.4. The van der Waals surface area contributed by atoms with Gasteiger partial charge in [-0.25, -0.2) is 0 Å². The Hall–Kier alpha value is -1.55. The van der Waals surface area contributed by atoms with Crippen molar-refractivity contribution in [3.8, 4) is 0 Å². The first-order valence-corrected chi connectivity index (χ1v) is 7.16. The second-order valence-corrected chi connectivity index (χ2v) is 5.75. The summed E-state index contributed by atoms with van der Waals surface area (Å²) in [4.78, 5) is 16.5. The minimum Gasteiger partial charge on any atom is -0.361 e. The van der Waals surface area contributed by atoms with Gasteiger partial charge in [0.2, 0.25) is 5.91 Å². The smallest absolute Gasteiger partial charge is 0.219 e. The Labute approximate surface area is 120 Å². The molecule has 0 bridgehead atoms. The van der Waals surface area contributed by atoms with E-state index in [1.165, 1.54) is 16.5 Å². The molecule has 3 rings (SSSR count). The number of rotatable bonds is 1. The normalized spacial score (nSPS) is 15.7. The fourth-order valence-corrected chi connectivity index (χ4v) is 3.06. The average molecular weight is 319 g/mol. The first-order valence-electron chi connectivity index (χ1n) is 6.37. The predicted molar refractivity (Wildman–Crippen MR) is 80.8 cm³/mol. The lowest BCUT2D eigenvalue weighted by molar-refractivity contribution is -0.128. The number of hydrogen-bond acceptors (Lipinski definition) is 1. The number of fused-ring (bicyclic) bond motifs is 1. The van der Waals surface area contributed by atoms with Crippen molar-refractivity contribution in [2.24, 2.45) is 0 Å². The van der Waals surface area contributed by atoms with Gasteiger partial charge >= 0.3 is 0 Å². The summed E-state index contributed by atoms with van der Waals surface area (Å²) < 4.78 is 1.08. The van der Waals surface area contributed by atoms with Crippen LogP contribution in [-0.2, 0) is 4.79 Å². The number of nitrogens with one attached hydrogen (secondary N) is 1. The minimum absolute atomic E-state index is 0.149. The monoisotopic (exact) mass is 318 g/mol. The second-order valence-electron chi connectivity index (χ2n) is 4.84. The molecule has 1 N–H and O–H groups in total. The van der Waals surface area contributed by atoms with Crippen LogP contribution in [0.5, 0.6) is 0 Å². The quantitative estimate of drug-likeness (QED) is 0.857. The third-order valence-electron chi connectivity index (χ3n) is 3.63. The summed E-state index contributed by atoms with van der Waals surface area (Å²) in [6, 6.07) is 6.35. The molecule has 3 nitrogen and oxygen atoms in total. The molecular weight excluding hydrogens is 304 g/mol. The Kier molecular flexibility index (Phi) is 3.19. The minimum atomic E-state index is 0.149. The van der Waals surface area contributed by atoms with Crippen molar-refractivity contribution in [2.75, 3.05) is 13.1 Å². The molecule has 0 radical (unpaired) electrons.